The first-order valence-corrected chi connectivity index (χ1v) is 13.4. The van der Waals surface area contributed by atoms with Crippen molar-refractivity contribution in [2.24, 2.45) is 46.8 Å². The van der Waals surface area contributed by atoms with Gasteiger partial charge in [0.25, 0.3) is 0 Å². The molecule has 0 aromatic carbocycles. The number of fused-ring (bicyclic) bond motifs is 3. The lowest BCUT2D eigenvalue weighted by molar-refractivity contribution is -0.192. The van der Waals surface area contributed by atoms with E-state index in [1.807, 2.05) is 6.92 Å². The highest BCUT2D eigenvalue weighted by Crippen LogP contribution is 2.58. The van der Waals surface area contributed by atoms with Crippen LogP contribution in [0.3, 0.4) is 0 Å². The number of hydrogen-bond acceptors (Lipinski definition) is 6. The van der Waals surface area contributed by atoms with Crippen molar-refractivity contribution in [1.29, 1.82) is 0 Å². The Morgan fingerprint density at radius 2 is 1.73 bits per heavy atom. The first-order valence-electron chi connectivity index (χ1n) is 13.4. The first kappa shape index (κ1) is 23.9. The topological polar surface area (TPSA) is 98.1 Å². The molecule has 2 unspecified atom stereocenters. The molecule has 0 radical (unpaired) electrons. The average Bonchev–Trinajstić information content (AvgIpc) is 2.74. The van der Waals surface area contributed by atoms with Crippen molar-refractivity contribution in [3.63, 3.8) is 0 Å². The minimum Gasteiger partial charge on any atom is -0.393 e. The third-order valence-electron chi connectivity index (χ3n) is 11.3. The fourth-order valence-corrected chi connectivity index (χ4v) is 9.12. The summed E-state index contributed by atoms with van der Waals surface area (Å²) in [5.41, 5.74) is -1.97. The van der Waals surface area contributed by atoms with Gasteiger partial charge in [0.15, 0.2) is 5.78 Å². The van der Waals surface area contributed by atoms with Crippen molar-refractivity contribution in [1.82, 2.24) is 4.90 Å². The zero-order valence-corrected chi connectivity index (χ0v) is 20.7. The highest BCUT2D eigenvalue weighted by Gasteiger charge is 2.63. The number of aliphatic hydroxyl groups is 3. The summed E-state index contributed by atoms with van der Waals surface area (Å²) >= 11 is 0. The van der Waals surface area contributed by atoms with Gasteiger partial charge in [0.1, 0.15) is 11.4 Å². The summed E-state index contributed by atoms with van der Waals surface area (Å²) in [4.78, 5) is 29.7. The quantitative estimate of drug-likeness (QED) is 0.555. The van der Waals surface area contributed by atoms with Crippen LogP contribution >= 0.6 is 0 Å². The maximum atomic E-state index is 14.0. The maximum Gasteiger partial charge on any atom is 0.169 e. The lowest BCUT2D eigenvalue weighted by atomic mass is 9.47. The molecule has 12 atom stereocenters. The van der Waals surface area contributed by atoms with E-state index in [2.05, 4.69) is 25.7 Å². The highest BCUT2D eigenvalue weighted by atomic mass is 16.3. The number of ketones is 2. The zero-order chi connectivity index (χ0) is 23.9. The monoisotopic (exact) mass is 461 g/mol. The number of piperidine rings is 2. The van der Waals surface area contributed by atoms with Crippen LogP contribution in [0.5, 0.6) is 0 Å². The van der Waals surface area contributed by atoms with Gasteiger partial charge in [-0.2, -0.15) is 0 Å². The Kier molecular flexibility index (Phi) is 5.87. The third kappa shape index (κ3) is 3.41. The standard InChI is InChI=1S/C27H43NO5/c1-14-5-8-22-15(2)20-7-6-18(25(32)27(20,33)13-28(22)12-14)19-11-23(30)21-9-17(29)10-24(31)26(21,4)16(19)3/h14-22,24,29,31,33H,5-13H2,1-4H3/t14-,15-,16+,17+,18?,19?,20-,21-,22+,24+,26-,27-/m1/s1. The normalized spacial score (nSPS) is 55.5. The van der Waals surface area contributed by atoms with E-state index in [4.69, 9.17) is 0 Å². The molecule has 2 aliphatic heterocycles. The molecule has 0 aromatic heterocycles. The van der Waals surface area contributed by atoms with Crippen LogP contribution in [0.25, 0.3) is 0 Å². The zero-order valence-electron chi connectivity index (χ0n) is 20.7. The van der Waals surface area contributed by atoms with Crippen LogP contribution < -0.4 is 0 Å². The number of carbonyl (C=O) groups is 2. The van der Waals surface area contributed by atoms with Gasteiger partial charge < -0.3 is 15.3 Å². The second-order valence-electron chi connectivity index (χ2n) is 12.8. The SMILES string of the molecule is C[C@@H]1CC[C@H]2[C@H](C)[C@H]3CCC(C4CC(=O)[C@H]5C[C@H](O)C[C@H](O)[C@]5(C)[C@H]4C)C(=O)[C@@]3(O)CN2C1. The fourth-order valence-electron chi connectivity index (χ4n) is 9.12. The average molecular weight is 462 g/mol. The molecule has 6 nitrogen and oxygen atoms in total. The number of carbonyl (C=O) groups excluding carboxylic acids is 2. The molecule has 5 rings (SSSR count). The maximum absolute atomic E-state index is 14.0. The van der Waals surface area contributed by atoms with E-state index < -0.39 is 23.2 Å². The summed E-state index contributed by atoms with van der Waals surface area (Å²) in [6.07, 6.45) is 3.51. The van der Waals surface area contributed by atoms with Gasteiger partial charge in [-0.25, -0.2) is 0 Å². The van der Waals surface area contributed by atoms with Crippen molar-refractivity contribution in [2.75, 3.05) is 13.1 Å². The largest absolute Gasteiger partial charge is 0.393 e. The van der Waals surface area contributed by atoms with Gasteiger partial charge in [-0.15, -0.1) is 0 Å². The molecule has 0 aromatic rings. The molecule has 33 heavy (non-hydrogen) atoms. The molecule has 0 bridgehead atoms. The number of nitrogens with zero attached hydrogens (tertiary/aromatic N) is 1. The van der Waals surface area contributed by atoms with E-state index in [9.17, 15) is 24.9 Å². The highest BCUT2D eigenvalue weighted by molar-refractivity contribution is 5.92. The van der Waals surface area contributed by atoms with E-state index in [0.29, 0.717) is 31.3 Å². The molecule has 5 fully saturated rings. The molecule has 3 saturated carbocycles. The van der Waals surface area contributed by atoms with E-state index in [1.54, 1.807) is 0 Å². The number of rotatable bonds is 1. The Morgan fingerprint density at radius 1 is 1.00 bits per heavy atom. The molecule has 186 valence electrons. The van der Waals surface area contributed by atoms with E-state index in [-0.39, 0.29) is 53.5 Å². The summed E-state index contributed by atoms with van der Waals surface area (Å²) in [6.45, 7) is 9.90. The Balaban J connectivity index is 1.42. The molecular formula is C27H43NO5. The van der Waals surface area contributed by atoms with Crippen LogP contribution in [0, 0.1) is 46.8 Å². The number of aliphatic hydroxyl groups excluding tert-OH is 2. The van der Waals surface area contributed by atoms with Gasteiger partial charge >= 0.3 is 0 Å². The molecule has 2 heterocycles. The summed E-state index contributed by atoms with van der Waals surface area (Å²) in [7, 11) is 0. The van der Waals surface area contributed by atoms with Gasteiger partial charge in [-0.3, -0.25) is 14.5 Å². The van der Waals surface area contributed by atoms with Crippen LogP contribution in [0.15, 0.2) is 0 Å². The molecule has 3 N–H and O–H groups in total. The Bertz CT molecular complexity index is 814. The molecule has 0 spiro atoms. The lowest BCUT2D eigenvalue weighted by Gasteiger charge is -2.60. The van der Waals surface area contributed by atoms with E-state index in [0.717, 1.165) is 25.8 Å². The molecule has 0 amide bonds. The van der Waals surface area contributed by atoms with Crippen LogP contribution in [0.2, 0.25) is 0 Å². The summed E-state index contributed by atoms with van der Waals surface area (Å²) in [5, 5.41) is 33.1. The van der Waals surface area contributed by atoms with Crippen LogP contribution in [-0.2, 0) is 9.59 Å². The predicted molar refractivity (Wildman–Crippen MR) is 124 cm³/mol. The summed E-state index contributed by atoms with van der Waals surface area (Å²) in [6, 6.07) is 0.453. The van der Waals surface area contributed by atoms with Crippen molar-refractivity contribution < 1.29 is 24.9 Å². The van der Waals surface area contributed by atoms with Crippen molar-refractivity contribution in [3.8, 4) is 0 Å². The van der Waals surface area contributed by atoms with Gasteiger partial charge in [0.05, 0.1) is 12.2 Å². The number of Topliss-reactive ketones (excluding diaryl/α,β-unsaturated/α-hetero) is 2. The minimum absolute atomic E-state index is 0.00995. The molecule has 3 aliphatic carbocycles. The third-order valence-corrected chi connectivity index (χ3v) is 11.3. The van der Waals surface area contributed by atoms with Crippen molar-refractivity contribution >= 4 is 11.6 Å². The summed E-state index contributed by atoms with van der Waals surface area (Å²) < 4.78 is 0. The van der Waals surface area contributed by atoms with Crippen molar-refractivity contribution in [2.45, 2.75) is 96.5 Å². The van der Waals surface area contributed by atoms with Crippen LogP contribution in [0.4, 0.5) is 0 Å². The van der Waals surface area contributed by atoms with E-state index >= 15 is 0 Å². The molecule has 2 saturated heterocycles. The first-order chi connectivity index (χ1) is 15.5. The minimum atomic E-state index is -1.34. The second-order valence-corrected chi connectivity index (χ2v) is 12.8. The lowest BCUT2D eigenvalue weighted by Crippen LogP contribution is -2.70. The van der Waals surface area contributed by atoms with Crippen LogP contribution in [0.1, 0.15) is 72.6 Å². The van der Waals surface area contributed by atoms with Gasteiger partial charge in [-0.1, -0.05) is 27.7 Å². The fraction of sp³-hybridized carbons (Fsp3) is 0.926. The molecule has 6 heteroatoms. The predicted octanol–water partition coefficient (Wildman–Crippen LogP) is 2.43. The molecular weight excluding hydrogens is 418 g/mol. The second kappa shape index (κ2) is 8.11. The number of hydrogen-bond donors (Lipinski definition) is 3. The van der Waals surface area contributed by atoms with Gasteiger partial charge in [0.2, 0.25) is 0 Å². The van der Waals surface area contributed by atoms with Gasteiger partial charge in [0, 0.05) is 48.7 Å². The Morgan fingerprint density at radius 3 is 2.45 bits per heavy atom. The Labute approximate surface area is 198 Å². The van der Waals surface area contributed by atoms with Gasteiger partial charge in [-0.05, 0) is 62.2 Å². The Hall–Kier alpha value is -0.820. The smallest absolute Gasteiger partial charge is 0.169 e. The van der Waals surface area contributed by atoms with E-state index in [1.165, 1.54) is 6.42 Å². The van der Waals surface area contributed by atoms with Crippen LogP contribution in [-0.4, -0.2) is 68.7 Å². The van der Waals surface area contributed by atoms with Crippen molar-refractivity contribution in [3.05, 3.63) is 0 Å². The molecule has 5 aliphatic rings. The summed E-state index contributed by atoms with van der Waals surface area (Å²) in [5.74, 6) is -0.00894.